The van der Waals surface area contributed by atoms with Crippen LogP contribution in [0.25, 0.3) is 27.0 Å². The van der Waals surface area contributed by atoms with Crippen LogP contribution in [0.2, 0.25) is 0 Å². The number of nitrogens with one attached hydrogen (secondary N) is 1. The fourth-order valence-corrected chi connectivity index (χ4v) is 3.32. The third-order valence-corrected chi connectivity index (χ3v) is 4.47. The molecule has 4 rings (SSSR count). The number of aryl methyl sites for hydroxylation is 2. The quantitative estimate of drug-likeness (QED) is 0.426. The van der Waals surface area contributed by atoms with E-state index in [0.29, 0.717) is 36.3 Å². The van der Waals surface area contributed by atoms with Gasteiger partial charge >= 0.3 is 0 Å². The molecule has 134 valence electrons. The monoisotopic (exact) mass is 360 g/mol. The van der Waals surface area contributed by atoms with Crippen LogP contribution >= 0.6 is 0 Å². The van der Waals surface area contributed by atoms with Gasteiger partial charge in [-0.15, -0.1) is 0 Å². The van der Waals surface area contributed by atoms with Gasteiger partial charge in [0.15, 0.2) is 0 Å². The van der Waals surface area contributed by atoms with E-state index in [9.17, 15) is 9.59 Å². The third kappa shape index (κ3) is 2.79. The Morgan fingerprint density at radius 3 is 2.78 bits per heavy atom. The highest BCUT2D eigenvalue weighted by molar-refractivity contribution is 6.49. The number of hydrogen-bond acceptors (Lipinski definition) is 4. The highest BCUT2D eigenvalue weighted by Gasteiger charge is 2.35. The Bertz CT molecular complexity index is 1140. The van der Waals surface area contributed by atoms with Crippen LogP contribution in [0.3, 0.4) is 0 Å². The van der Waals surface area contributed by atoms with E-state index in [4.69, 9.17) is 6.57 Å². The fourth-order valence-electron chi connectivity index (χ4n) is 3.32. The first kappa shape index (κ1) is 16.7. The number of aromatic nitrogens is 4. The first-order valence-corrected chi connectivity index (χ1v) is 8.47. The van der Waals surface area contributed by atoms with E-state index in [1.54, 1.807) is 36.3 Å². The molecule has 4 heterocycles. The highest BCUT2D eigenvalue weighted by Crippen LogP contribution is 2.34. The van der Waals surface area contributed by atoms with Gasteiger partial charge in [-0.3, -0.25) is 19.6 Å². The molecule has 1 aliphatic rings. The summed E-state index contributed by atoms with van der Waals surface area (Å²) in [5.74, 6) is -0.892. The van der Waals surface area contributed by atoms with E-state index in [-0.39, 0.29) is 5.57 Å². The van der Waals surface area contributed by atoms with Gasteiger partial charge in [0.2, 0.25) is 6.54 Å². The molecule has 27 heavy (non-hydrogen) atoms. The molecule has 1 aliphatic heterocycles. The van der Waals surface area contributed by atoms with Crippen LogP contribution in [0.15, 0.2) is 36.8 Å². The second-order valence-electron chi connectivity index (χ2n) is 6.25. The molecule has 0 aliphatic carbocycles. The van der Waals surface area contributed by atoms with Crippen molar-refractivity contribution in [3.05, 3.63) is 59.5 Å². The van der Waals surface area contributed by atoms with Crippen LogP contribution in [0.5, 0.6) is 0 Å². The topological polar surface area (TPSA) is 86.2 Å². The van der Waals surface area contributed by atoms with Crippen LogP contribution in [-0.2, 0) is 23.2 Å². The lowest BCUT2D eigenvalue weighted by atomic mass is 10.00. The van der Waals surface area contributed by atoms with Crippen molar-refractivity contribution >= 4 is 34.0 Å². The Morgan fingerprint density at radius 2 is 2.04 bits per heavy atom. The summed E-state index contributed by atoms with van der Waals surface area (Å²) in [6, 6.07) is 5.38. The number of amides is 2. The van der Waals surface area contributed by atoms with Crippen molar-refractivity contribution in [1.82, 2.24) is 24.6 Å². The van der Waals surface area contributed by atoms with Gasteiger partial charge in [0.05, 0.1) is 16.8 Å². The average Bonchev–Trinajstić information content (AvgIpc) is 3.31. The van der Waals surface area contributed by atoms with Gasteiger partial charge in [0.1, 0.15) is 5.65 Å². The van der Waals surface area contributed by atoms with Crippen LogP contribution in [-0.4, -0.2) is 37.7 Å². The molecule has 0 radical (unpaired) electrons. The molecule has 2 amide bonds. The number of carbonyl (C=O) groups is 2. The number of hydrogen-bond donors (Lipinski definition) is 1. The van der Waals surface area contributed by atoms with Crippen molar-refractivity contribution in [3.8, 4) is 0 Å². The van der Waals surface area contributed by atoms with Crippen LogP contribution in [0.4, 0.5) is 0 Å². The Kier molecular flexibility index (Phi) is 4.05. The van der Waals surface area contributed by atoms with E-state index < -0.39 is 11.8 Å². The number of pyridine rings is 1. The van der Waals surface area contributed by atoms with E-state index in [2.05, 4.69) is 20.2 Å². The Hall–Kier alpha value is -3.73. The molecule has 0 saturated carbocycles. The van der Waals surface area contributed by atoms with Crippen molar-refractivity contribution in [3.63, 3.8) is 0 Å². The highest BCUT2D eigenvalue weighted by atomic mass is 16.2. The minimum absolute atomic E-state index is 0.268. The van der Waals surface area contributed by atoms with Crippen LogP contribution in [0.1, 0.15) is 17.7 Å². The summed E-state index contributed by atoms with van der Waals surface area (Å²) in [4.78, 5) is 32.8. The number of rotatable bonds is 5. The zero-order valence-corrected chi connectivity index (χ0v) is 14.6. The van der Waals surface area contributed by atoms with Gasteiger partial charge < -0.3 is 9.41 Å². The summed E-state index contributed by atoms with van der Waals surface area (Å²) in [6.45, 7) is 7.97. The van der Waals surface area contributed by atoms with Crippen LogP contribution < -0.4 is 5.32 Å². The molecule has 8 nitrogen and oxygen atoms in total. The molecule has 3 aromatic heterocycles. The molecule has 1 N–H and O–H groups in total. The van der Waals surface area contributed by atoms with Crippen molar-refractivity contribution < 1.29 is 9.59 Å². The maximum absolute atomic E-state index is 12.6. The van der Waals surface area contributed by atoms with Crippen LogP contribution in [0, 0.1) is 6.57 Å². The molecule has 0 bridgehead atoms. The molecule has 0 aromatic carbocycles. The van der Waals surface area contributed by atoms with Gasteiger partial charge in [-0.1, -0.05) is 0 Å². The zero-order valence-electron chi connectivity index (χ0n) is 14.6. The predicted molar refractivity (Wildman–Crippen MR) is 99.0 cm³/mol. The van der Waals surface area contributed by atoms with Gasteiger partial charge in [0, 0.05) is 49.6 Å². The van der Waals surface area contributed by atoms with Crippen molar-refractivity contribution in [1.29, 1.82) is 0 Å². The molecule has 0 saturated heterocycles. The lowest BCUT2D eigenvalue weighted by molar-refractivity contribution is -0.122. The standard InChI is InChI=1S/C19H16N6O2/c1-20-7-4-9-25-11-13(12-5-3-8-21-17(12)25)15-16(19(27)22-18(15)26)14-6-10-24(2)23-14/h3,5-6,8,10-11H,4,7,9H2,2H3,(H,22,26,27). The molecule has 0 atom stereocenters. The van der Waals surface area contributed by atoms with Crippen molar-refractivity contribution in [2.24, 2.45) is 7.05 Å². The Balaban J connectivity index is 1.92. The van der Waals surface area contributed by atoms with Gasteiger partial charge in [-0.25, -0.2) is 11.6 Å². The smallest absolute Gasteiger partial charge is 0.261 e. The lowest BCUT2D eigenvalue weighted by Crippen LogP contribution is -2.22. The van der Waals surface area contributed by atoms with E-state index in [0.717, 1.165) is 11.0 Å². The normalized spacial score (nSPS) is 14.1. The van der Waals surface area contributed by atoms with E-state index in [1.807, 2.05) is 16.8 Å². The Morgan fingerprint density at radius 1 is 1.22 bits per heavy atom. The first-order valence-electron chi connectivity index (χ1n) is 8.47. The predicted octanol–water partition coefficient (Wildman–Crippen LogP) is 1.65. The molecular weight excluding hydrogens is 344 g/mol. The van der Waals surface area contributed by atoms with Gasteiger partial charge in [-0.05, 0) is 18.2 Å². The number of carbonyl (C=O) groups excluding carboxylic acids is 2. The molecule has 0 unspecified atom stereocenters. The van der Waals surface area contributed by atoms with Gasteiger partial charge in [0.25, 0.3) is 11.8 Å². The molecule has 8 heteroatoms. The SMILES string of the molecule is [C-]#[N+]CCCn1cc(C2=C(c3ccn(C)n3)C(=O)NC2=O)c2cccnc21. The zero-order chi connectivity index (χ0) is 19.0. The number of imide groups is 1. The summed E-state index contributed by atoms with van der Waals surface area (Å²) in [5.41, 5.74) is 2.39. The summed E-state index contributed by atoms with van der Waals surface area (Å²) in [7, 11) is 1.76. The minimum Gasteiger partial charge on any atom is -0.332 e. The van der Waals surface area contributed by atoms with Crippen molar-refractivity contribution in [2.45, 2.75) is 13.0 Å². The Labute approximate surface area is 154 Å². The molecule has 0 spiro atoms. The second-order valence-corrected chi connectivity index (χ2v) is 6.25. The molecule has 0 fully saturated rings. The van der Waals surface area contributed by atoms with Crippen molar-refractivity contribution in [2.75, 3.05) is 6.54 Å². The second kappa shape index (κ2) is 6.53. The summed E-state index contributed by atoms with van der Waals surface area (Å²) >= 11 is 0. The molecular formula is C19H16N6O2. The summed E-state index contributed by atoms with van der Waals surface area (Å²) < 4.78 is 3.51. The molecule has 3 aromatic rings. The summed E-state index contributed by atoms with van der Waals surface area (Å²) in [6.07, 6.45) is 5.93. The number of nitrogens with zero attached hydrogens (tertiary/aromatic N) is 5. The summed E-state index contributed by atoms with van der Waals surface area (Å²) in [5, 5.41) is 7.46. The minimum atomic E-state index is -0.452. The maximum atomic E-state index is 12.6. The third-order valence-electron chi connectivity index (χ3n) is 4.47. The lowest BCUT2D eigenvalue weighted by Gasteiger charge is -2.00. The first-order chi connectivity index (χ1) is 13.1. The largest absolute Gasteiger partial charge is 0.332 e. The fraction of sp³-hybridized carbons (Fsp3) is 0.211. The average molecular weight is 360 g/mol. The van der Waals surface area contributed by atoms with Gasteiger partial charge in [-0.2, -0.15) is 5.10 Å². The van der Waals surface area contributed by atoms with E-state index in [1.165, 1.54) is 0 Å². The van der Waals surface area contributed by atoms with E-state index >= 15 is 0 Å². The maximum Gasteiger partial charge on any atom is 0.261 e. The number of fused-ring (bicyclic) bond motifs is 1.